The molecule has 8 heteroatoms. The van der Waals surface area contributed by atoms with Crippen molar-refractivity contribution < 1.29 is 9.18 Å². The zero-order chi connectivity index (χ0) is 19.7. The van der Waals surface area contributed by atoms with E-state index in [0.717, 1.165) is 10.4 Å². The summed E-state index contributed by atoms with van der Waals surface area (Å²) in [5.74, 6) is -0.835. The Kier molecular flexibility index (Phi) is 5.67. The summed E-state index contributed by atoms with van der Waals surface area (Å²) in [4.78, 5) is 31.7. The van der Waals surface area contributed by atoms with Crippen LogP contribution >= 0.6 is 23.1 Å². The number of fused-ring (bicyclic) bond motifs is 1. The van der Waals surface area contributed by atoms with Crippen molar-refractivity contribution in [3.8, 4) is 0 Å². The van der Waals surface area contributed by atoms with Crippen LogP contribution in [0.4, 0.5) is 10.1 Å². The molecule has 1 amide bonds. The molecule has 0 aliphatic rings. The van der Waals surface area contributed by atoms with Gasteiger partial charge in [-0.15, -0.1) is 11.3 Å². The third kappa shape index (κ3) is 3.77. The van der Waals surface area contributed by atoms with Crippen molar-refractivity contribution in [2.75, 3.05) is 5.32 Å². The minimum atomic E-state index is -0.547. The normalized spacial score (nSPS) is 12.3. The Bertz CT molecular complexity index is 1070. The highest BCUT2D eigenvalue weighted by molar-refractivity contribution is 8.00. The maximum atomic E-state index is 13.7. The number of aromatic nitrogens is 2. The first-order valence-corrected chi connectivity index (χ1v) is 10.3. The molecule has 0 aliphatic heterocycles. The molecule has 0 spiro atoms. The van der Waals surface area contributed by atoms with Crippen LogP contribution in [0.15, 0.2) is 34.2 Å². The number of aryl methyl sites for hydroxylation is 2. The van der Waals surface area contributed by atoms with E-state index in [1.165, 1.54) is 35.2 Å². The number of carbonyl (C=O) groups excluding carboxylic acids is 1. The van der Waals surface area contributed by atoms with Gasteiger partial charge in [-0.2, -0.15) is 0 Å². The molecule has 0 saturated heterocycles. The Balaban J connectivity index is 1.90. The average molecular weight is 406 g/mol. The molecular formula is C19H20FN3O2S2. The fraction of sp³-hybridized carbons (Fsp3) is 0.316. The molecule has 0 fully saturated rings. The average Bonchev–Trinajstić information content (AvgIpc) is 2.91. The van der Waals surface area contributed by atoms with E-state index in [1.54, 1.807) is 23.6 Å². The summed E-state index contributed by atoms with van der Waals surface area (Å²) in [5, 5.41) is 3.18. The Hall–Kier alpha value is -2.19. The van der Waals surface area contributed by atoms with Crippen molar-refractivity contribution >= 4 is 44.9 Å². The Labute approximate surface area is 164 Å². The highest BCUT2D eigenvalue weighted by Crippen LogP contribution is 2.30. The van der Waals surface area contributed by atoms with E-state index in [9.17, 15) is 14.0 Å². The number of halogens is 1. The zero-order valence-electron chi connectivity index (χ0n) is 15.5. The smallest absolute Gasteiger partial charge is 0.263 e. The van der Waals surface area contributed by atoms with Crippen LogP contribution in [-0.4, -0.2) is 20.7 Å². The molecule has 3 rings (SSSR count). The van der Waals surface area contributed by atoms with E-state index in [2.05, 4.69) is 10.3 Å². The van der Waals surface area contributed by atoms with Gasteiger partial charge in [-0.3, -0.25) is 14.2 Å². The molecular weight excluding hydrogens is 385 g/mol. The third-order valence-corrected chi connectivity index (χ3v) is 6.54. The van der Waals surface area contributed by atoms with Crippen molar-refractivity contribution in [1.29, 1.82) is 0 Å². The summed E-state index contributed by atoms with van der Waals surface area (Å²) >= 11 is 2.67. The topological polar surface area (TPSA) is 64.0 Å². The maximum Gasteiger partial charge on any atom is 0.263 e. The molecule has 0 aliphatic carbocycles. The molecule has 5 nitrogen and oxygen atoms in total. The van der Waals surface area contributed by atoms with E-state index < -0.39 is 11.1 Å². The second-order valence-electron chi connectivity index (χ2n) is 6.14. The van der Waals surface area contributed by atoms with Gasteiger partial charge in [0.05, 0.1) is 16.3 Å². The second kappa shape index (κ2) is 7.82. The monoisotopic (exact) mass is 405 g/mol. The lowest BCUT2D eigenvalue weighted by Crippen LogP contribution is -2.26. The summed E-state index contributed by atoms with van der Waals surface area (Å²) in [6.45, 7) is 7.93. The first-order valence-electron chi connectivity index (χ1n) is 8.56. The van der Waals surface area contributed by atoms with Crippen LogP contribution in [0.1, 0.15) is 24.3 Å². The number of benzene rings is 1. The molecule has 27 heavy (non-hydrogen) atoms. The zero-order valence-corrected chi connectivity index (χ0v) is 17.1. The quantitative estimate of drug-likeness (QED) is 0.506. The number of hydrogen-bond acceptors (Lipinski definition) is 5. The summed E-state index contributed by atoms with van der Waals surface area (Å²) in [5.41, 5.74) is 1.00. The predicted molar refractivity (Wildman–Crippen MR) is 109 cm³/mol. The number of amides is 1. The highest BCUT2D eigenvalue weighted by Gasteiger charge is 2.21. The minimum Gasteiger partial charge on any atom is -0.323 e. The van der Waals surface area contributed by atoms with Crippen LogP contribution in [0.25, 0.3) is 10.2 Å². The van der Waals surface area contributed by atoms with Gasteiger partial charge in [-0.25, -0.2) is 9.37 Å². The molecule has 3 aromatic rings. The lowest BCUT2D eigenvalue weighted by Gasteiger charge is -2.15. The van der Waals surface area contributed by atoms with Gasteiger partial charge in [0.2, 0.25) is 5.91 Å². The van der Waals surface area contributed by atoms with Crippen molar-refractivity contribution in [2.24, 2.45) is 0 Å². The molecule has 1 N–H and O–H groups in total. The van der Waals surface area contributed by atoms with Crippen LogP contribution in [0.3, 0.4) is 0 Å². The van der Waals surface area contributed by atoms with Crippen LogP contribution in [0, 0.1) is 19.7 Å². The third-order valence-electron chi connectivity index (χ3n) is 4.35. The number of hydrogen-bond donors (Lipinski definition) is 1. The van der Waals surface area contributed by atoms with Crippen LogP contribution in [0.2, 0.25) is 0 Å². The molecule has 0 bridgehead atoms. The van der Waals surface area contributed by atoms with Crippen LogP contribution in [0.5, 0.6) is 0 Å². The first-order chi connectivity index (χ1) is 12.8. The van der Waals surface area contributed by atoms with Crippen molar-refractivity contribution in [3.05, 3.63) is 50.9 Å². The molecule has 2 aromatic heterocycles. The summed E-state index contributed by atoms with van der Waals surface area (Å²) in [6.07, 6.45) is 0. The highest BCUT2D eigenvalue weighted by atomic mass is 32.2. The number of carbonyl (C=O) groups is 1. The molecule has 1 unspecified atom stereocenters. The Morgan fingerprint density at radius 1 is 1.37 bits per heavy atom. The maximum absolute atomic E-state index is 13.7. The van der Waals surface area contributed by atoms with E-state index >= 15 is 0 Å². The molecule has 2 heterocycles. The summed E-state index contributed by atoms with van der Waals surface area (Å²) in [6, 6.07) is 6.02. The van der Waals surface area contributed by atoms with E-state index in [0.29, 0.717) is 21.9 Å². The van der Waals surface area contributed by atoms with Crippen LogP contribution in [-0.2, 0) is 11.3 Å². The number of para-hydroxylation sites is 1. The largest absolute Gasteiger partial charge is 0.323 e. The summed E-state index contributed by atoms with van der Waals surface area (Å²) < 4.78 is 15.3. The van der Waals surface area contributed by atoms with Crippen molar-refractivity contribution in [2.45, 2.75) is 44.6 Å². The Morgan fingerprint density at radius 2 is 2.07 bits per heavy atom. The second-order valence-corrected chi connectivity index (χ2v) is 8.65. The molecule has 0 radical (unpaired) electrons. The van der Waals surface area contributed by atoms with Gasteiger partial charge in [-0.1, -0.05) is 23.9 Å². The first kappa shape index (κ1) is 19.6. The molecule has 142 valence electrons. The lowest BCUT2D eigenvalue weighted by atomic mass is 10.2. The van der Waals surface area contributed by atoms with Gasteiger partial charge in [0.25, 0.3) is 5.56 Å². The molecule has 0 saturated carbocycles. The van der Waals surface area contributed by atoms with Gasteiger partial charge >= 0.3 is 0 Å². The fourth-order valence-electron chi connectivity index (χ4n) is 2.69. The standard InChI is InChI=1S/C19H20FN3O2S2/c1-5-23-18(25)15-10(2)11(3)26-17(15)22-19(23)27-12(4)16(24)21-14-9-7-6-8-13(14)20/h6-9,12H,5H2,1-4H3,(H,21,24). The number of nitrogens with zero attached hydrogens (tertiary/aromatic N) is 2. The van der Waals surface area contributed by atoms with Gasteiger partial charge in [-0.05, 0) is 45.4 Å². The van der Waals surface area contributed by atoms with E-state index in [4.69, 9.17) is 0 Å². The number of nitrogens with one attached hydrogen (secondary N) is 1. The Morgan fingerprint density at radius 3 is 2.74 bits per heavy atom. The number of thioether (sulfide) groups is 1. The number of thiophene rings is 1. The summed E-state index contributed by atoms with van der Waals surface area (Å²) in [7, 11) is 0. The molecule has 1 atom stereocenters. The minimum absolute atomic E-state index is 0.0893. The van der Waals surface area contributed by atoms with Crippen molar-refractivity contribution in [3.63, 3.8) is 0 Å². The van der Waals surface area contributed by atoms with Crippen molar-refractivity contribution in [1.82, 2.24) is 9.55 Å². The van der Waals surface area contributed by atoms with E-state index in [1.807, 2.05) is 20.8 Å². The van der Waals surface area contributed by atoms with Gasteiger partial charge in [0.15, 0.2) is 5.16 Å². The predicted octanol–water partition coefficient (Wildman–Crippen LogP) is 4.35. The molecule has 1 aromatic carbocycles. The van der Waals surface area contributed by atoms with Gasteiger partial charge in [0.1, 0.15) is 10.6 Å². The lowest BCUT2D eigenvalue weighted by molar-refractivity contribution is -0.115. The SMILES string of the molecule is CCn1c(SC(C)C(=O)Nc2ccccc2F)nc2sc(C)c(C)c2c1=O. The van der Waals surface area contributed by atoms with Gasteiger partial charge < -0.3 is 5.32 Å². The van der Waals surface area contributed by atoms with E-state index in [-0.39, 0.29) is 17.2 Å². The number of anilines is 1. The number of rotatable bonds is 5. The van der Waals surface area contributed by atoms with Crippen LogP contribution < -0.4 is 10.9 Å². The van der Waals surface area contributed by atoms with Gasteiger partial charge in [0, 0.05) is 11.4 Å². The fourth-order valence-corrected chi connectivity index (χ4v) is 4.73.